The van der Waals surface area contributed by atoms with E-state index in [9.17, 15) is 9.59 Å². The maximum absolute atomic E-state index is 13.1. The van der Waals surface area contributed by atoms with Gasteiger partial charge in [-0.1, -0.05) is 30.3 Å². The van der Waals surface area contributed by atoms with Gasteiger partial charge in [0.25, 0.3) is 5.91 Å². The molecule has 154 valence electrons. The van der Waals surface area contributed by atoms with E-state index in [1.54, 1.807) is 52.2 Å². The Morgan fingerprint density at radius 1 is 1.00 bits per heavy atom. The zero-order chi connectivity index (χ0) is 20.9. The lowest BCUT2D eigenvalue weighted by Crippen LogP contribution is -2.44. The lowest BCUT2D eigenvalue weighted by atomic mass is 10.1. The first kappa shape index (κ1) is 19.8. The van der Waals surface area contributed by atoms with Crippen molar-refractivity contribution in [1.82, 2.24) is 14.7 Å². The minimum Gasteiger partial charge on any atom is -0.444 e. The third kappa shape index (κ3) is 4.26. The molecule has 1 aromatic heterocycles. The fourth-order valence-electron chi connectivity index (χ4n) is 3.39. The van der Waals surface area contributed by atoms with Crippen LogP contribution in [0.15, 0.2) is 66.9 Å². The van der Waals surface area contributed by atoms with Gasteiger partial charge >= 0.3 is 5.97 Å². The second-order valence-corrected chi connectivity index (χ2v) is 7.06. The lowest BCUT2D eigenvalue weighted by Gasteiger charge is -2.30. The molecule has 0 unspecified atom stereocenters. The zero-order valence-corrected chi connectivity index (χ0v) is 16.7. The van der Waals surface area contributed by atoms with Gasteiger partial charge in [-0.2, -0.15) is 5.10 Å². The molecule has 0 aliphatic carbocycles. The van der Waals surface area contributed by atoms with Gasteiger partial charge in [-0.3, -0.25) is 4.79 Å². The first-order valence-corrected chi connectivity index (χ1v) is 9.87. The fraction of sp³-hybridized carbons (Fsp3) is 0.261. The maximum atomic E-state index is 13.1. The smallest absolute Gasteiger partial charge is 0.339 e. The van der Waals surface area contributed by atoms with Crippen molar-refractivity contribution >= 4 is 11.9 Å². The molecule has 1 fully saturated rings. The molecule has 1 aliphatic rings. The number of rotatable bonds is 5. The molecule has 1 saturated heterocycles. The lowest BCUT2D eigenvalue weighted by molar-refractivity contribution is -0.145. The summed E-state index contributed by atoms with van der Waals surface area (Å²) in [5, 5.41) is 4.26. The summed E-state index contributed by atoms with van der Waals surface area (Å²) in [4.78, 5) is 27.6. The number of hydrogen-bond acceptors (Lipinski definition) is 5. The highest BCUT2D eigenvalue weighted by Gasteiger charge is 2.30. The van der Waals surface area contributed by atoms with Gasteiger partial charge < -0.3 is 14.4 Å². The van der Waals surface area contributed by atoms with Crippen molar-refractivity contribution in [1.29, 1.82) is 0 Å². The summed E-state index contributed by atoms with van der Waals surface area (Å²) >= 11 is 0. The molecule has 7 heteroatoms. The minimum absolute atomic E-state index is 0.235. The van der Waals surface area contributed by atoms with E-state index in [1.165, 1.54) is 0 Å². The average Bonchev–Trinajstić information content (AvgIpc) is 3.24. The number of ether oxygens (including phenoxy) is 2. The number of carbonyl (C=O) groups is 2. The van der Waals surface area contributed by atoms with Crippen LogP contribution in [0.2, 0.25) is 0 Å². The van der Waals surface area contributed by atoms with E-state index in [0.717, 1.165) is 11.4 Å². The van der Waals surface area contributed by atoms with Crippen molar-refractivity contribution in [2.45, 2.75) is 13.0 Å². The molecule has 1 atom stereocenters. The van der Waals surface area contributed by atoms with Crippen LogP contribution in [-0.4, -0.2) is 52.9 Å². The highest BCUT2D eigenvalue weighted by molar-refractivity contribution is 5.93. The van der Waals surface area contributed by atoms with Crippen LogP contribution >= 0.6 is 0 Å². The van der Waals surface area contributed by atoms with Crippen molar-refractivity contribution in [3.8, 4) is 5.69 Å². The van der Waals surface area contributed by atoms with E-state index < -0.39 is 12.1 Å². The molecule has 1 aliphatic heterocycles. The standard InChI is InChI=1S/C23H23N3O4/c1-17-11-12-24-26(17)20-9-7-19(8-10-20)23(28)30-21(18-5-3-2-4-6-18)22(27)25-13-15-29-16-14-25/h2-12,21H,13-16H2,1H3/t21-/m1/s1. The van der Waals surface area contributed by atoms with Crippen molar-refractivity contribution in [2.24, 2.45) is 0 Å². The van der Waals surface area contributed by atoms with Gasteiger partial charge in [0.05, 0.1) is 24.5 Å². The molecule has 2 heterocycles. The van der Waals surface area contributed by atoms with Gasteiger partial charge in [-0.05, 0) is 37.3 Å². The predicted molar refractivity (Wildman–Crippen MR) is 110 cm³/mol. The van der Waals surface area contributed by atoms with Gasteiger partial charge in [-0.25, -0.2) is 9.48 Å². The van der Waals surface area contributed by atoms with Crippen LogP contribution < -0.4 is 0 Å². The SMILES string of the molecule is Cc1ccnn1-c1ccc(C(=O)O[C@@H](C(=O)N2CCOCC2)c2ccccc2)cc1. The number of esters is 1. The first-order valence-electron chi connectivity index (χ1n) is 9.87. The molecule has 30 heavy (non-hydrogen) atoms. The molecule has 1 amide bonds. The number of morpholine rings is 1. The summed E-state index contributed by atoms with van der Waals surface area (Å²) in [6.45, 7) is 3.89. The molecular weight excluding hydrogens is 382 g/mol. The second kappa shape index (κ2) is 8.92. The molecule has 7 nitrogen and oxygen atoms in total. The first-order chi connectivity index (χ1) is 14.6. The molecular formula is C23H23N3O4. The van der Waals surface area contributed by atoms with Gasteiger partial charge in [0.1, 0.15) is 0 Å². The summed E-state index contributed by atoms with van der Waals surface area (Å²) in [6, 6.07) is 18.0. The minimum atomic E-state index is -0.996. The number of aromatic nitrogens is 2. The summed E-state index contributed by atoms with van der Waals surface area (Å²) in [7, 11) is 0. The second-order valence-electron chi connectivity index (χ2n) is 7.06. The number of benzene rings is 2. The van der Waals surface area contributed by atoms with Crippen LogP contribution in [0.25, 0.3) is 5.69 Å². The summed E-state index contributed by atoms with van der Waals surface area (Å²) in [6.07, 6.45) is 0.726. The van der Waals surface area contributed by atoms with Crippen LogP contribution in [0.4, 0.5) is 0 Å². The Kier molecular flexibility index (Phi) is 5.90. The Labute approximate surface area is 174 Å². The predicted octanol–water partition coefficient (Wildman–Crippen LogP) is 2.94. The summed E-state index contributed by atoms with van der Waals surface area (Å²) in [5.41, 5.74) is 2.86. The number of nitrogens with zero attached hydrogens (tertiary/aromatic N) is 3. The Hall–Kier alpha value is -3.45. The van der Waals surface area contributed by atoms with Crippen LogP contribution in [0.1, 0.15) is 27.7 Å². The normalized spacial score (nSPS) is 14.9. The van der Waals surface area contributed by atoms with Gasteiger partial charge in [0.15, 0.2) is 0 Å². The zero-order valence-electron chi connectivity index (χ0n) is 16.7. The molecule has 0 bridgehead atoms. The average molecular weight is 405 g/mol. The molecule has 0 spiro atoms. The molecule has 0 radical (unpaired) electrons. The topological polar surface area (TPSA) is 73.7 Å². The third-order valence-electron chi connectivity index (χ3n) is 5.05. The maximum Gasteiger partial charge on any atom is 0.339 e. The van der Waals surface area contributed by atoms with Crippen LogP contribution in [0.5, 0.6) is 0 Å². The van der Waals surface area contributed by atoms with E-state index in [4.69, 9.17) is 9.47 Å². The summed E-state index contributed by atoms with van der Waals surface area (Å²) in [5.74, 6) is -0.782. The summed E-state index contributed by atoms with van der Waals surface area (Å²) < 4.78 is 12.8. The fourth-order valence-corrected chi connectivity index (χ4v) is 3.39. The Balaban J connectivity index is 1.54. The van der Waals surface area contributed by atoms with Crippen LogP contribution in [0, 0.1) is 6.92 Å². The van der Waals surface area contributed by atoms with E-state index in [2.05, 4.69) is 5.10 Å². The molecule has 3 aromatic rings. The molecule has 0 N–H and O–H groups in total. The Morgan fingerprint density at radius 3 is 2.33 bits per heavy atom. The van der Waals surface area contributed by atoms with Crippen LogP contribution in [-0.2, 0) is 14.3 Å². The quantitative estimate of drug-likeness (QED) is 0.610. The van der Waals surface area contributed by atoms with E-state index in [-0.39, 0.29) is 5.91 Å². The van der Waals surface area contributed by atoms with E-state index in [1.807, 2.05) is 31.2 Å². The number of amides is 1. The van der Waals surface area contributed by atoms with Crippen molar-refractivity contribution < 1.29 is 19.1 Å². The van der Waals surface area contributed by atoms with Crippen molar-refractivity contribution in [2.75, 3.05) is 26.3 Å². The highest BCUT2D eigenvalue weighted by Crippen LogP contribution is 2.23. The van der Waals surface area contributed by atoms with Crippen molar-refractivity contribution in [3.63, 3.8) is 0 Å². The largest absolute Gasteiger partial charge is 0.444 e. The van der Waals surface area contributed by atoms with Gasteiger partial charge in [0.2, 0.25) is 6.10 Å². The monoisotopic (exact) mass is 405 g/mol. The molecule has 4 rings (SSSR count). The number of hydrogen-bond donors (Lipinski definition) is 0. The van der Waals surface area contributed by atoms with Crippen LogP contribution in [0.3, 0.4) is 0 Å². The molecule has 0 saturated carbocycles. The highest BCUT2D eigenvalue weighted by atomic mass is 16.5. The Bertz CT molecular complexity index is 1010. The Morgan fingerprint density at radius 2 is 1.70 bits per heavy atom. The molecule has 2 aromatic carbocycles. The van der Waals surface area contributed by atoms with Gasteiger partial charge in [0, 0.05) is 30.5 Å². The van der Waals surface area contributed by atoms with E-state index in [0.29, 0.717) is 37.4 Å². The number of aryl methyl sites for hydroxylation is 1. The van der Waals surface area contributed by atoms with Gasteiger partial charge in [-0.15, -0.1) is 0 Å². The van der Waals surface area contributed by atoms with Crippen molar-refractivity contribution in [3.05, 3.63) is 83.7 Å². The third-order valence-corrected chi connectivity index (χ3v) is 5.05. The van der Waals surface area contributed by atoms with E-state index >= 15 is 0 Å². The number of carbonyl (C=O) groups excluding carboxylic acids is 2.